The molecule has 0 heterocycles. The molecule has 0 fully saturated rings. The molecular formula is C10H16N2Na2O8S4. The first kappa shape index (κ1) is 33.9. The normalized spacial score (nSPS) is 8.62. The zero-order valence-electron chi connectivity index (χ0n) is 14.0. The molecule has 0 saturated carbocycles. The van der Waals surface area contributed by atoms with E-state index in [0.29, 0.717) is 23.5 Å². The molecule has 0 amide bonds. The number of carboxylic acid groups (broad SMARTS) is 4. The fourth-order valence-electron chi connectivity index (χ4n) is 0.693. The van der Waals surface area contributed by atoms with Crippen LogP contribution in [0.2, 0.25) is 0 Å². The Balaban J connectivity index is -0.000000173. The Bertz CT molecular complexity index is 425. The van der Waals surface area contributed by atoms with Crippen LogP contribution in [0.3, 0.4) is 0 Å². The van der Waals surface area contributed by atoms with Gasteiger partial charge in [-0.15, -0.1) is 0 Å². The van der Waals surface area contributed by atoms with E-state index in [1.807, 2.05) is 0 Å². The molecule has 0 rings (SSSR count). The monoisotopic (exact) mass is 466 g/mol. The molecule has 0 atom stereocenters. The zero-order valence-corrected chi connectivity index (χ0v) is 21.4. The molecule has 0 aromatic rings. The molecule has 0 spiro atoms. The Morgan fingerprint density at radius 3 is 1.12 bits per heavy atom. The smallest absolute Gasteiger partial charge is 0.483 e. The third-order valence-electron chi connectivity index (χ3n) is 1.50. The number of nitrogens with one attached hydrogen (secondary N) is 2. The summed E-state index contributed by atoms with van der Waals surface area (Å²) in [5.41, 5.74) is 0. The van der Waals surface area contributed by atoms with Crippen molar-refractivity contribution in [2.45, 2.75) is 0 Å². The van der Waals surface area contributed by atoms with Crippen LogP contribution in [0.5, 0.6) is 0 Å². The maximum Gasteiger partial charge on any atom is 1.00 e. The Labute approximate surface area is 212 Å². The second-order valence-electron chi connectivity index (χ2n) is 3.52. The van der Waals surface area contributed by atoms with Gasteiger partial charge in [-0.25, -0.2) is 0 Å². The minimum Gasteiger partial charge on any atom is -0.483 e. The third-order valence-corrected chi connectivity index (χ3v) is 4.31. The van der Waals surface area contributed by atoms with Crippen molar-refractivity contribution < 1.29 is 98.7 Å². The summed E-state index contributed by atoms with van der Waals surface area (Å²) in [6, 6.07) is 0. The maximum absolute atomic E-state index is 10.0. The Morgan fingerprint density at radius 2 is 0.923 bits per heavy atom. The van der Waals surface area contributed by atoms with Crippen molar-refractivity contribution in [1.29, 1.82) is 0 Å². The van der Waals surface area contributed by atoms with E-state index in [1.54, 1.807) is 0 Å². The number of rotatable bonds is 8. The van der Waals surface area contributed by atoms with Gasteiger partial charge in [0.2, 0.25) is 0 Å². The molecule has 26 heavy (non-hydrogen) atoms. The van der Waals surface area contributed by atoms with Crippen LogP contribution in [0.4, 0.5) is 0 Å². The van der Waals surface area contributed by atoms with Gasteiger partial charge in [-0.2, -0.15) is 0 Å². The van der Waals surface area contributed by atoms with Gasteiger partial charge in [-0.3, -0.25) is 19.2 Å². The van der Waals surface area contributed by atoms with Crippen LogP contribution >= 0.6 is 24.4 Å². The van der Waals surface area contributed by atoms with Crippen molar-refractivity contribution in [2.75, 3.05) is 24.6 Å². The van der Waals surface area contributed by atoms with Gasteiger partial charge in [0.05, 0.1) is 0 Å². The molecule has 0 aliphatic carbocycles. The summed E-state index contributed by atoms with van der Waals surface area (Å²) in [5, 5.41) is 37.6. The van der Waals surface area contributed by atoms with Crippen LogP contribution < -0.4 is 69.7 Å². The number of aliphatic carboxylic acids is 4. The van der Waals surface area contributed by atoms with Crippen molar-refractivity contribution >= 4 is 80.5 Å². The first-order chi connectivity index (χ1) is 11.0. The molecule has 0 saturated heterocycles. The topological polar surface area (TPSA) is 173 Å². The minimum atomic E-state index is -1.03. The second-order valence-corrected chi connectivity index (χ2v) is 7.11. The predicted molar refractivity (Wildman–Crippen MR) is 99.0 cm³/mol. The predicted octanol–water partition coefficient (Wildman–Crippen LogP) is -8.30. The summed E-state index contributed by atoms with van der Waals surface area (Å²) in [6.45, 7) is -0.545. The average Bonchev–Trinajstić information content (AvgIpc) is 2.47. The van der Waals surface area contributed by atoms with E-state index in [9.17, 15) is 19.2 Å². The van der Waals surface area contributed by atoms with Gasteiger partial charge in [0.25, 0.3) is 11.9 Å². The number of carboxylic acids is 4. The third kappa shape index (κ3) is 32.1. The molecule has 0 aromatic heterocycles. The van der Waals surface area contributed by atoms with Gasteiger partial charge in [0.1, 0.15) is 13.1 Å². The average molecular weight is 466 g/mol. The number of hydrogen-bond donors (Lipinski definition) is 6. The van der Waals surface area contributed by atoms with Gasteiger partial charge < -0.3 is 54.6 Å². The Kier molecular flexibility index (Phi) is 28.2. The van der Waals surface area contributed by atoms with Crippen molar-refractivity contribution in [1.82, 2.24) is 10.6 Å². The van der Waals surface area contributed by atoms with Crippen molar-refractivity contribution in [3.63, 3.8) is 0 Å². The van der Waals surface area contributed by atoms with Crippen LogP contribution in [0.25, 0.3) is 0 Å². The van der Waals surface area contributed by atoms with Gasteiger partial charge >= 0.3 is 71.1 Å². The van der Waals surface area contributed by atoms with Gasteiger partial charge in [0, 0.05) is 0 Å². The van der Waals surface area contributed by atoms with Gasteiger partial charge in [0.15, 0.2) is 0 Å². The fraction of sp³-hybridized carbons (Fsp3) is 0.400. The molecule has 0 aromatic carbocycles. The molecule has 0 bridgehead atoms. The van der Waals surface area contributed by atoms with E-state index >= 15 is 0 Å². The summed E-state index contributed by atoms with van der Waals surface area (Å²) < 4.78 is 0.472. The first-order valence-electron chi connectivity index (χ1n) is 5.82. The van der Waals surface area contributed by atoms with Crippen molar-refractivity contribution in [3.05, 3.63) is 0 Å². The van der Waals surface area contributed by atoms with Crippen LogP contribution in [-0.4, -0.2) is 77.5 Å². The largest absolute Gasteiger partial charge is 1.00 e. The van der Waals surface area contributed by atoms with Crippen molar-refractivity contribution in [3.8, 4) is 0 Å². The van der Waals surface area contributed by atoms with E-state index in [4.69, 9.17) is 20.4 Å². The fourth-order valence-corrected chi connectivity index (χ4v) is 2.16. The number of thiol groups is 2. The molecule has 10 nitrogen and oxygen atoms in total. The molecule has 0 unspecified atom stereocenters. The minimum absolute atomic E-state index is 0. The van der Waals surface area contributed by atoms with Crippen LogP contribution in [0, 0.1) is 0 Å². The van der Waals surface area contributed by atoms with Gasteiger partial charge in [-0.05, 0) is 20.1 Å². The first-order valence-corrected chi connectivity index (χ1v) is 8.80. The van der Waals surface area contributed by atoms with Gasteiger partial charge in [-0.1, -0.05) is 24.4 Å². The molecule has 0 aliphatic rings. The van der Waals surface area contributed by atoms with E-state index in [0.717, 1.165) is 0 Å². The van der Waals surface area contributed by atoms with Crippen LogP contribution in [-0.2, 0) is 42.7 Å². The number of thiocarbonyl (C=S) groups is 2. The van der Waals surface area contributed by atoms with E-state index < -0.39 is 23.9 Å². The number of carbonyl (C=O) groups is 4. The maximum atomic E-state index is 10.0. The summed E-state index contributed by atoms with van der Waals surface area (Å²) in [6.07, 6.45) is 0. The van der Waals surface area contributed by atoms with Crippen LogP contribution in [0.1, 0.15) is 0 Å². The Hall–Kier alpha value is 0.360. The zero-order chi connectivity index (χ0) is 19.1. The summed E-state index contributed by atoms with van der Waals surface area (Å²) in [4.78, 5) is 40.1. The van der Waals surface area contributed by atoms with E-state index in [2.05, 4.69) is 35.1 Å². The van der Waals surface area contributed by atoms with Crippen LogP contribution in [0.15, 0.2) is 0 Å². The summed E-state index contributed by atoms with van der Waals surface area (Å²) in [7, 11) is 0. The standard InChI is InChI=1S/2C5H8NO4S2.2Na/c2*7-3(8)1-6-5(11)12-2-4(9)10;;/h2*12H,1-2H2,(H,6,11)(H,7,8)(H,9,10);;/q2*-1;2*+1. The SMILES string of the molecule is O=C(O)CNC(=S)[SH-]CC(=O)O.O=C(O)CNC(=S)[SH-]CC(=O)O.[Na+].[Na+]. The molecular weight excluding hydrogens is 450 g/mol. The Morgan fingerprint density at radius 1 is 0.654 bits per heavy atom. The van der Waals surface area contributed by atoms with Crippen molar-refractivity contribution in [2.24, 2.45) is 0 Å². The van der Waals surface area contributed by atoms with E-state index in [1.165, 1.54) is 0 Å². The molecule has 16 heteroatoms. The van der Waals surface area contributed by atoms with E-state index in [-0.39, 0.29) is 92.4 Å². The molecule has 6 N–H and O–H groups in total. The number of hydrogen-bond acceptors (Lipinski definition) is 8. The quantitative estimate of drug-likeness (QED) is 0.0864. The summed E-state index contributed by atoms with van der Waals surface area (Å²) >= 11 is 10.1. The molecule has 0 aliphatic heterocycles. The molecule has 140 valence electrons. The molecule has 0 radical (unpaired) electrons. The second kappa shape index (κ2) is 21.7. The summed E-state index contributed by atoms with van der Waals surface area (Å²) in [5.74, 6) is -4.19.